The van der Waals surface area contributed by atoms with E-state index in [0.717, 1.165) is 0 Å². The van der Waals surface area contributed by atoms with Crippen LogP contribution < -0.4 is 0 Å². The van der Waals surface area contributed by atoms with Gasteiger partial charge in [0, 0.05) is 6.42 Å². The number of rotatable bonds is 4. The second kappa shape index (κ2) is 4.19. The average Bonchev–Trinajstić information content (AvgIpc) is 3.00. The van der Waals surface area contributed by atoms with Crippen LogP contribution in [0.4, 0.5) is 0 Å². The summed E-state index contributed by atoms with van der Waals surface area (Å²) >= 11 is 0. The minimum absolute atomic E-state index is 0.00711. The SMILES string of the molecule is CCC(C)(C)C(=O)OC1C2CC3(C(=O)O)C(=O)OC1C3O2. The first-order valence-corrected chi connectivity index (χ1v) is 7.05. The molecule has 0 radical (unpaired) electrons. The third kappa shape index (κ3) is 1.67. The molecule has 3 aliphatic rings. The lowest BCUT2D eigenvalue weighted by molar-refractivity contribution is -0.169. The van der Waals surface area contributed by atoms with Gasteiger partial charge in [-0.15, -0.1) is 0 Å². The number of carboxylic acids is 1. The second-order valence-electron chi connectivity index (χ2n) is 6.55. The summed E-state index contributed by atoms with van der Waals surface area (Å²) in [6.45, 7) is 5.42. The summed E-state index contributed by atoms with van der Waals surface area (Å²) < 4.78 is 16.2. The molecule has 21 heavy (non-hydrogen) atoms. The lowest BCUT2D eigenvalue weighted by Gasteiger charge is -2.29. The van der Waals surface area contributed by atoms with E-state index in [1.54, 1.807) is 13.8 Å². The molecule has 3 rings (SSSR count). The fourth-order valence-electron chi connectivity index (χ4n) is 3.15. The van der Waals surface area contributed by atoms with E-state index in [1.165, 1.54) is 0 Å². The monoisotopic (exact) mass is 298 g/mol. The van der Waals surface area contributed by atoms with Crippen molar-refractivity contribution < 1.29 is 33.7 Å². The highest BCUT2D eigenvalue weighted by atomic mass is 16.7. The van der Waals surface area contributed by atoms with Gasteiger partial charge in [0.1, 0.15) is 12.2 Å². The number of fused-ring (bicyclic) bond motifs is 1. The lowest BCUT2D eigenvalue weighted by Crippen LogP contribution is -2.49. The largest absolute Gasteiger partial charge is 0.480 e. The summed E-state index contributed by atoms with van der Waals surface area (Å²) in [5.41, 5.74) is -2.27. The van der Waals surface area contributed by atoms with Gasteiger partial charge >= 0.3 is 17.9 Å². The summed E-state index contributed by atoms with van der Waals surface area (Å²) in [6.07, 6.45) is -2.39. The molecule has 116 valence electrons. The Hall–Kier alpha value is -1.63. The number of esters is 2. The first-order chi connectivity index (χ1) is 9.74. The predicted molar refractivity (Wildman–Crippen MR) is 67.2 cm³/mol. The minimum atomic E-state index is -1.63. The van der Waals surface area contributed by atoms with Crippen LogP contribution in [-0.4, -0.2) is 47.4 Å². The van der Waals surface area contributed by atoms with Crippen LogP contribution in [0.5, 0.6) is 0 Å². The molecular weight excluding hydrogens is 280 g/mol. The Morgan fingerprint density at radius 1 is 1.48 bits per heavy atom. The minimum Gasteiger partial charge on any atom is -0.480 e. The van der Waals surface area contributed by atoms with Gasteiger partial charge in [-0.2, -0.15) is 0 Å². The standard InChI is InChI=1S/C14H18O7/c1-4-13(2,3)11(17)20-7-6-5-14(10(15)16)9(19-6)8(7)21-12(14)18/h6-9H,4-5H2,1-3H3,(H,15,16). The summed E-state index contributed by atoms with van der Waals surface area (Å²) in [4.78, 5) is 35.5. The molecule has 0 spiro atoms. The van der Waals surface area contributed by atoms with E-state index >= 15 is 0 Å². The zero-order chi connectivity index (χ0) is 15.6. The number of hydrogen-bond donors (Lipinski definition) is 1. The predicted octanol–water partition coefficient (Wildman–Crippen LogP) is 0.502. The van der Waals surface area contributed by atoms with E-state index in [2.05, 4.69) is 0 Å². The van der Waals surface area contributed by atoms with Crippen LogP contribution in [0.25, 0.3) is 0 Å². The Bertz CT molecular complexity index is 525. The maximum atomic E-state index is 12.2. The van der Waals surface area contributed by atoms with Gasteiger partial charge in [-0.05, 0) is 20.3 Å². The highest BCUT2D eigenvalue weighted by molar-refractivity contribution is 6.02. The number of carbonyl (C=O) groups is 3. The Morgan fingerprint density at radius 3 is 2.71 bits per heavy atom. The molecule has 3 saturated heterocycles. The summed E-state index contributed by atoms with van der Waals surface area (Å²) in [5, 5.41) is 9.33. The highest BCUT2D eigenvalue weighted by Crippen LogP contribution is 2.55. The Labute approximate surface area is 121 Å². The van der Waals surface area contributed by atoms with Crippen molar-refractivity contribution in [2.45, 2.75) is 58.0 Å². The van der Waals surface area contributed by atoms with Crippen molar-refractivity contribution in [3.63, 3.8) is 0 Å². The van der Waals surface area contributed by atoms with Gasteiger partial charge in [0.25, 0.3) is 0 Å². The van der Waals surface area contributed by atoms with E-state index in [0.29, 0.717) is 6.42 Å². The molecule has 0 aliphatic carbocycles. The Balaban J connectivity index is 1.81. The topological polar surface area (TPSA) is 99.1 Å². The van der Waals surface area contributed by atoms with Gasteiger partial charge in [-0.3, -0.25) is 14.4 Å². The summed E-state index contributed by atoms with van der Waals surface area (Å²) in [5.74, 6) is -2.42. The molecule has 0 amide bonds. The van der Waals surface area contributed by atoms with Crippen molar-refractivity contribution in [2.24, 2.45) is 10.8 Å². The molecule has 7 heteroatoms. The quantitative estimate of drug-likeness (QED) is 0.596. The van der Waals surface area contributed by atoms with Gasteiger partial charge in [0.05, 0.1) is 5.41 Å². The number of aliphatic carboxylic acids is 1. The second-order valence-corrected chi connectivity index (χ2v) is 6.55. The zero-order valence-corrected chi connectivity index (χ0v) is 12.1. The van der Waals surface area contributed by atoms with Crippen molar-refractivity contribution >= 4 is 17.9 Å². The first-order valence-electron chi connectivity index (χ1n) is 7.05. The van der Waals surface area contributed by atoms with Crippen molar-refractivity contribution in [3.8, 4) is 0 Å². The number of ether oxygens (including phenoxy) is 3. The van der Waals surface area contributed by atoms with Crippen LogP contribution >= 0.6 is 0 Å². The molecule has 1 N–H and O–H groups in total. The molecule has 0 saturated carbocycles. The van der Waals surface area contributed by atoms with Crippen LogP contribution in [-0.2, 0) is 28.6 Å². The maximum Gasteiger partial charge on any atom is 0.326 e. The average molecular weight is 298 g/mol. The zero-order valence-electron chi connectivity index (χ0n) is 12.1. The van der Waals surface area contributed by atoms with Crippen molar-refractivity contribution in [1.82, 2.24) is 0 Å². The van der Waals surface area contributed by atoms with E-state index < -0.39 is 53.2 Å². The molecular formula is C14H18O7. The molecule has 0 aromatic heterocycles. The first kappa shape index (κ1) is 14.3. The Kier molecular flexibility index (Phi) is 2.86. The van der Waals surface area contributed by atoms with Crippen molar-refractivity contribution in [1.29, 1.82) is 0 Å². The van der Waals surface area contributed by atoms with Crippen LogP contribution in [0.15, 0.2) is 0 Å². The van der Waals surface area contributed by atoms with E-state index in [9.17, 15) is 19.5 Å². The molecule has 5 unspecified atom stereocenters. The maximum absolute atomic E-state index is 12.2. The fraction of sp³-hybridized carbons (Fsp3) is 0.786. The number of carboxylic acid groups (broad SMARTS) is 1. The molecule has 3 fully saturated rings. The summed E-state index contributed by atoms with van der Waals surface area (Å²) in [7, 11) is 0. The number of carbonyl (C=O) groups excluding carboxylic acids is 2. The van der Waals surface area contributed by atoms with E-state index in [-0.39, 0.29) is 6.42 Å². The van der Waals surface area contributed by atoms with Crippen molar-refractivity contribution in [2.75, 3.05) is 0 Å². The van der Waals surface area contributed by atoms with Gasteiger partial charge < -0.3 is 19.3 Å². The third-order valence-electron chi connectivity index (χ3n) is 4.99. The highest BCUT2D eigenvalue weighted by Gasteiger charge is 2.77. The van der Waals surface area contributed by atoms with Crippen LogP contribution in [0.3, 0.4) is 0 Å². The fourth-order valence-corrected chi connectivity index (χ4v) is 3.15. The van der Waals surface area contributed by atoms with Crippen LogP contribution in [0.2, 0.25) is 0 Å². The molecule has 0 aromatic rings. The third-order valence-corrected chi connectivity index (χ3v) is 4.99. The van der Waals surface area contributed by atoms with Gasteiger partial charge in [0.15, 0.2) is 17.6 Å². The molecule has 3 heterocycles. The normalized spacial score (nSPS) is 40.2. The van der Waals surface area contributed by atoms with Crippen molar-refractivity contribution in [3.05, 3.63) is 0 Å². The van der Waals surface area contributed by atoms with Crippen LogP contribution in [0, 0.1) is 10.8 Å². The van der Waals surface area contributed by atoms with E-state index in [1.807, 2.05) is 6.92 Å². The number of hydrogen-bond acceptors (Lipinski definition) is 6. The Morgan fingerprint density at radius 2 is 2.14 bits per heavy atom. The van der Waals surface area contributed by atoms with Gasteiger partial charge in [-0.1, -0.05) is 6.92 Å². The van der Waals surface area contributed by atoms with Crippen LogP contribution in [0.1, 0.15) is 33.6 Å². The smallest absolute Gasteiger partial charge is 0.326 e. The lowest BCUT2D eigenvalue weighted by atomic mass is 9.74. The molecule has 2 bridgehead atoms. The van der Waals surface area contributed by atoms with Gasteiger partial charge in [0.2, 0.25) is 0 Å². The molecule has 0 aromatic carbocycles. The molecule has 5 atom stereocenters. The molecule has 7 nitrogen and oxygen atoms in total. The molecule has 3 aliphatic heterocycles. The summed E-state index contributed by atoms with van der Waals surface area (Å²) in [6, 6.07) is 0. The van der Waals surface area contributed by atoms with E-state index in [4.69, 9.17) is 14.2 Å². The van der Waals surface area contributed by atoms with Gasteiger partial charge in [-0.25, -0.2) is 0 Å².